The van der Waals surface area contributed by atoms with Crippen LogP contribution in [0.4, 0.5) is 0 Å². The molecule has 0 spiro atoms. The van der Waals surface area contributed by atoms with Crippen LogP contribution in [0.25, 0.3) is 0 Å². The first-order valence-electron chi connectivity index (χ1n) is 4.55. The standard InChI is InChI=1S/C8H16N4O4/c1-5(13)12(7(9)10)4-2-3-8(11,16)6(14)15/h16H,2-4,11H2,1H3,(H3,9,10)(H,14,15)/t8-/m1/s1. The lowest BCUT2D eigenvalue weighted by Crippen LogP contribution is -2.48. The van der Waals surface area contributed by atoms with E-state index in [0.29, 0.717) is 0 Å². The summed E-state index contributed by atoms with van der Waals surface area (Å²) in [5.74, 6) is -2.39. The van der Waals surface area contributed by atoms with Crippen molar-refractivity contribution in [2.24, 2.45) is 11.5 Å². The maximum atomic E-state index is 11.0. The quantitative estimate of drug-likeness (QED) is 0.215. The Morgan fingerprint density at radius 2 is 2.00 bits per heavy atom. The Balaban J connectivity index is 4.20. The molecule has 0 saturated carbocycles. The molecule has 0 saturated heterocycles. The van der Waals surface area contributed by atoms with E-state index in [0.717, 1.165) is 4.90 Å². The van der Waals surface area contributed by atoms with E-state index in [2.05, 4.69) is 0 Å². The molecule has 7 N–H and O–H groups in total. The Kier molecular flexibility index (Phi) is 4.86. The lowest BCUT2D eigenvalue weighted by atomic mass is 10.1. The molecule has 8 heteroatoms. The Labute approximate surface area is 92.3 Å². The van der Waals surface area contributed by atoms with Crippen molar-refractivity contribution in [1.29, 1.82) is 5.41 Å². The van der Waals surface area contributed by atoms with Gasteiger partial charge in [-0.15, -0.1) is 0 Å². The number of carboxylic acid groups (broad SMARTS) is 1. The normalized spacial score (nSPS) is 13.9. The van der Waals surface area contributed by atoms with Crippen molar-refractivity contribution in [1.82, 2.24) is 4.90 Å². The lowest BCUT2D eigenvalue weighted by Gasteiger charge is -2.21. The predicted molar refractivity (Wildman–Crippen MR) is 55.3 cm³/mol. The van der Waals surface area contributed by atoms with Gasteiger partial charge in [0.1, 0.15) is 0 Å². The number of carbonyl (C=O) groups excluding carboxylic acids is 1. The van der Waals surface area contributed by atoms with Crippen molar-refractivity contribution in [3.63, 3.8) is 0 Å². The minimum Gasteiger partial charge on any atom is -0.478 e. The number of hydrogen-bond donors (Lipinski definition) is 5. The highest BCUT2D eigenvalue weighted by molar-refractivity contribution is 5.93. The summed E-state index contributed by atoms with van der Waals surface area (Å²) in [6.07, 6.45) is -0.113. The van der Waals surface area contributed by atoms with E-state index in [9.17, 15) is 14.7 Å². The monoisotopic (exact) mass is 232 g/mol. The van der Waals surface area contributed by atoms with Crippen LogP contribution in [0.5, 0.6) is 0 Å². The average Bonchev–Trinajstić information content (AvgIpc) is 2.10. The van der Waals surface area contributed by atoms with Crippen LogP contribution >= 0.6 is 0 Å². The molecular formula is C8H16N4O4. The Morgan fingerprint density at radius 3 is 2.31 bits per heavy atom. The van der Waals surface area contributed by atoms with E-state index in [1.165, 1.54) is 6.92 Å². The highest BCUT2D eigenvalue weighted by Gasteiger charge is 2.30. The molecule has 92 valence electrons. The first kappa shape index (κ1) is 14.3. The lowest BCUT2D eigenvalue weighted by molar-refractivity contribution is -0.158. The van der Waals surface area contributed by atoms with Gasteiger partial charge in [0.05, 0.1) is 0 Å². The van der Waals surface area contributed by atoms with Gasteiger partial charge in [-0.1, -0.05) is 0 Å². The summed E-state index contributed by atoms with van der Waals surface area (Å²) in [5, 5.41) is 24.7. The van der Waals surface area contributed by atoms with Crippen molar-refractivity contribution in [3.8, 4) is 0 Å². The molecule has 8 nitrogen and oxygen atoms in total. The number of amides is 1. The molecule has 0 radical (unpaired) electrons. The SMILES string of the molecule is CC(=O)N(CCC[C@@](N)(O)C(=O)O)C(=N)N. The third-order valence-electron chi connectivity index (χ3n) is 1.98. The van der Waals surface area contributed by atoms with E-state index in [1.807, 2.05) is 0 Å². The number of nitrogens with two attached hydrogens (primary N) is 2. The molecule has 0 aliphatic rings. The van der Waals surface area contributed by atoms with Gasteiger partial charge in [-0.3, -0.25) is 20.8 Å². The third kappa shape index (κ3) is 4.24. The number of aliphatic hydroxyl groups is 1. The van der Waals surface area contributed by atoms with Crippen LogP contribution in [0.2, 0.25) is 0 Å². The first-order chi connectivity index (χ1) is 7.18. The predicted octanol–water partition coefficient (Wildman–Crippen LogP) is -1.76. The summed E-state index contributed by atoms with van der Waals surface area (Å²) in [7, 11) is 0. The molecule has 1 amide bonds. The van der Waals surface area contributed by atoms with Gasteiger partial charge in [0.25, 0.3) is 0 Å². The molecule has 0 aromatic carbocycles. The zero-order valence-corrected chi connectivity index (χ0v) is 8.93. The summed E-state index contributed by atoms with van der Waals surface area (Å²) in [6.45, 7) is 1.27. The number of carbonyl (C=O) groups is 2. The molecule has 0 aromatic rings. The van der Waals surface area contributed by atoms with E-state index in [4.69, 9.17) is 22.0 Å². The van der Waals surface area contributed by atoms with E-state index in [-0.39, 0.29) is 19.4 Å². The van der Waals surface area contributed by atoms with Crippen LogP contribution in [0.3, 0.4) is 0 Å². The van der Waals surface area contributed by atoms with Crippen LogP contribution in [0.1, 0.15) is 19.8 Å². The van der Waals surface area contributed by atoms with Gasteiger partial charge in [-0.05, 0) is 6.42 Å². The average molecular weight is 232 g/mol. The molecule has 0 rings (SSSR count). The van der Waals surface area contributed by atoms with E-state index >= 15 is 0 Å². The summed E-state index contributed by atoms with van der Waals surface area (Å²) >= 11 is 0. The first-order valence-corrected chi connectivity index (χ1v) is 4.55. The van der Waals surface area contributed by atoms with Crippen LogP contribution < -0.4 is 11.5 Å². The largest absolute Gasteiger partial charge is 0.478 e. The summed E-state index contributed by atoms with van der Waals surface area (Å²) < 4.78 is 0. The fraction of sp³-hybridized carbons (Fsp3) is 0.625. The number of nitrogens with zero attached hydrogens (tertiary/aromatic N) is 1. The van der Waals surface area contributed by atoms with Gasteiger partial charge < -0.3 is 15.9 Å². The fourth-order valence-electron chi connectivity index (χ4n) is 1.06. The zero-order valence-electron chi connectivity index (χ0n) is 8.93. The van der Waals surface area contributed by atoms with Gasteiger partial charge in [0.2, 0.25) is 11.6 Å². The van der Waals surface area contributed by atoms with Crippen molar-refractivity contribution < 1.29 is 19.8 Å². The minimum atomic E-state index is -2.32. The zero-order chi connectivity index (χ0) is 12.9. The Hall–Kier alpha value is -1.67. The number of nitrogens with one attached hydrogen (secondary N) is 1. The molecule has 16 heavy (non-hydrogen) atoms. The molecule has 0 bridgehead atoms. The second kappa shape index (κ2) is 5.42. The third-order valence-corrected chi connectivity index (χ3v) is 1.98. The molecule has 0 heterocycles. The maximum Gasteiger partial charge on any atom is 0.350 e. The second-order valence-corrected chi connectivity index (χ2v) is 3.39. The highest BCUT2D eigenvalue weighted by atomic mass is 16.4. The molecule has 1 atom stereocenters. The molecule has 0 fully saturated rings. The van der Waals surface area contributed by atoms with E-state index < -0.39 is 23.6 Å². The molecule has 0 unspecified atom stereocenters. The summed E-state index contributed by atoms with van der Waals surface area (Å²) in [5.41, 5.74) is 7.87. The van der Waals surface area contributed by atoms with Gasteiger partial charge in [-0.25, -0.2) is 4.79 Å². The van der Waals surface area contributed by atoms with Crippen LogP contribution in [0, 0.1) is 5.41 Å². The van der Waals surface area contributed by atoms with Crippen LogP contribution in [-0.2, 0) is 9.59 Å². The van der Waals surface area contributed by atoms with Gasteiger partial charge in [0.15, 0.2) is 5.96 Å². The maximum absolute atomic E-state index is 11.0. The summed E-state index contributed by atoms with van der Waals surface area (Å²) in [4.78, 5) is 22.4. The van der Waals surface area contributed by atoms with Gasteiger partial charge in [-0.2, -0.15) is 0 Å². The minimum absolute atomic E-state index is 0.0391. The van der Waals surface area contributed by atoms with Crippen molar-refractivity contribution >= 4 is 17.8 Å². The topological polar surface area (TPSA) is 154 Å². The fourth-order valence-corrected chi connectivity index (χ4v) is 1.06. The number of carboxylic acids is 1. The van der Waals surface area contributed by atoms with Gasteiger partial charge >= 0.3 is 5.97 Å². The van der Waals surface area contributed by atoms with Gasteiger partial charge in [0, 0.05) is 19.9 Å². The van der Waals surface area contributed by atoms with Crippen LogP contribution in [0.15, 0.2) is 0 Å². The summed E-state index contributed by atoms with van der Waals surface area (Å²) in [6, 6.07) is 0. The van der Waals surface area contributed by atoms with Crippen molar-refractivity contribution in [3.05, 3.63) is 0 Å². The second-order valence-electron chi connectivity index (χ2n) is 3.39. The number of aliphatic carboxylic acids is 1. The number of rotatable bonds is 5. The Morgan fingerprint density at radius 1 is 1.50 bits per heavy atom. The van der Waals surface area contributed by atoms with Crippen molar-refractivity contribution in [2.45, 2.75) is 25.5 Å². The van der Waals surface area contributed by atoms with Crippen LogP contribution in [-0.4, -0.2) is 45.2 Å². The van der Waals surface area contributed by atoms with E-state index in [1.54, 1.807) is 0 Å². The molecular weight excluding hydrogens is 216 g/mol. The van der Waals surface area contributed by atoms with Crippen molar-refractivity contribution in [2.75, 3.05) is 6.54 Å². The molecule has 0 aliphatic heterocycles. The number of hydrogen-bond acceptors (Lipinski definition) is 5. The molecule has 0 aliphatic carbocycles. The molecule has 0 aromatic heterocycles. The smallest absolute Gasteiger partial charge is 0.350 e. The number of guanidine groups is 1. The highest BCUT2D eigenvalue weighted by Crippen LogP contribution is 2.07. The Bertz CT molecular complexity index is 288.